The third kappa shape index (κ3) is 10.8. The molecule has 2 bridgehead atoms. The second-order valence-corrected chi connectivity index (χ2v) is 22.4. The van der Waals surface area contributed by atoms with Crippen LogP contribution in [0.3, 0.4) is 0 Å². The first-order valence-electron chi connectivity index (χ1n) is 26.7. The van der Waals surface area contributed by atoms with Crippen LogP contribution in [0.4, 0.5) is 23.0 Å². The lowest BCUT2D eigenvalue weighted by molar-refractivity contribution is -0.141. The van der Waals surface area contributed by atoms with Gasteiger partial charge in [0.15, 0.2) is 17.4 Å². The first-order valence-corrected chi connectivity index (χ1v) is 27.6. The largest absolute Gasteiger partial charge is 0.507 e. The third-order valence-corrected chi connectivity index (χ3v) is 17.0. The molecule has 2 amide bonds. The van der Waals surface area contributed by atoms with Gasteiger partial charge in [0.2, 0.25) is 17.7 Å². The number of hydrogen-bond acceptors (Lipinski definition) is 18. The predicted octanol–water partition coefficient (Wildman–Crippen LogP) is 6.64. The zero-order chi connectivity index (χ0) is 52.6. The second-order valence-electron chi connectivity index (χ2n) is 21.6. The van der Waals surface area contributed by atoms with Gasteiger partial charge in [-0.1, -0.05) is 55.4 Å². The molecule has 4 aliphatic heterocycles. The standard InChI is InChI=1S/C56H68N12O7S/c1-33(2)52(56(72)67-29-42(69)24-47(67)55(71)60-34(3)37-9-11-38(12-10-37)53-35(4)59-31-76-53)49-26-50(63-75-49)65-19-17-64(18-20-65)32-73-30-36-21-43(22-36)74-51-23-39(15-16-58-51)68-40-13-14-41(68)28-66(27-40)46-25-45(61-62-54(46)57)44-7-5-6-8-48(44)70/h5-12,15-16,23,25-26,31,33-34,36,40-43,47,52,69-70H,13-14,17-22,24,27-30,32H2,1-4H3,(H2,57,62)(H,60,71)/t34-,36?,40?,41?,42+,43?,47-,52+/m0/s1. The van der Waals surface area contributed by atoms with Crippen molar-refractivity contribution in [3.63, 3.8) is 0 Å². The average Bonchev–Trinajstić information content (AvgIpc) is 4.22. The molecule has 5 aliphatic rings. The number of aliphatic hydroxyl groups is 1. The smallest absolute Gasteiger partial charge is 0.243 e. The predicted molar refractivity (Wildman–Crippen MR) is 290 cm³/mol. The number of rotatable bonds is 17. The van der Waals surface area contributed by atoms with Crippen molar-refractivity contribution >= 4 is 46.2 Å². The number of aliphatic hydroxyl groups excluding tert-OH is 1. The van der Waals surface area contributed by atoms with E-state index in [4.69, 9.17) is 19.7 Å². The number of phenols is 1. The summed E-state index contributed by atoms with van der Waals surface area (Å²) >= 11 is 1.60. The van der Waals surface area contributed by atoms with E-state index in [1.54, 1.807) is 23.5 Å². The molecule has 1 aliphatic carbocycles. The maximum atomic E-state index is 14.4. The fraction of sp³-hybridized carbons (Fsp3) is 0.482. The maximum absolute atomic E-state index is 14.4. The van der Waals surface area contributed by atoms with Crippen LogP contribution < -0.4 is 30.5 Å². The Balaban J connectivity index is 0.614. The zero-order valence-electron chi connectivity index (χ0n) is 43.6. The number of thiazole rings is 1. The molecule has 0 radical (unpaired) electrons. The summed E-state index contributed by atoms with van der Waals surface area (Å²) in [6, 6.07) is 22.6. The van der Waals surface area contributed by atoms with E-state index in [1.807, 2.05) is 87.9 Å². The number of carbonyl (C=O) groups excluding carboxylic acids is 2. The number of carbonyl (C=O) groups is 2. The minimum atomic E-state index is -0.814. The number of nitrogens with zero attached hydrogens (tertiary/aromatic N) is 10. The van der Waals surface area contributed by atoms with E-state index in [2.05, 4.69) is 62.4 Å². The van der Waals surface area contributed by atoms with E-state index >= 15 is 0 Å². The summed E-state index contributed by atoms with van der Waals surface area (Å²) < 4.78 is 18.6. The lowest BCUT2D eigenvalue weighted by Gasteiger charge is -2.43. The molecular weight excluding hydrogens is 985 g/mol. The Kier molecular flexibility index (Phi) is 14.8. The minimum Gasteiger partial charge on any atom is -0.507 e. The van der Waals surface area contributed by atoms with Crippen molar-refractivity contribution in [2.45, 2.75) is 102 Å². The van der Waals surface area contributed by atoms with Gasteiger partial charge in [0.05, 0.1) is 52.9 Å². The monoisotopic (exact) mass is 1050 g/mol. The van der Waals surface area contributed by atoms with Crippen LogP contribution in [0.15, 0.2) is 89.0 Å². The Hall–Kier alpha value is -6.87. The number of para-hydroxylation sites is 1. The molecule has 11 rings (SSSR count). The van der Waals surface area contributed by atoms with Crippen LogP contribution in [-0.4, -0.2) is 147 Å². The van der Waals surface area contributed by atoms with E-state index in [9.17, 15) is 19.8 Å². The summed E-state index contributed by atoms with van der Waals surface area (Å²) in [5.41, 5.74) is 14.4. The number of likely N-dealkylation sites (tertiary alicyclic amines) is 1. The number of nitrogens with two attached hydrogens (primary N) is 1. The first-order chi connectivity index (χ1) is 36.8. The summed E-state index contributed by atoms with van der Waals surface area (Å²) in [6.07, 6.45) is 5.26. The van der Waals surface area contributed by atoms with Gasteiger partial charge >= 0.3 is 0 Å². The minimum absolute atomic E-state index is 0.0702. The van der Waals surface area contributed by atoms with Crippen LogP contribution in [-0.2, 0) is 14.3 Å². The Morgan fingerprint density at radius 2 is 1.67 bits per heavy atom. The van der Waals surface area contributed by atoms with Crippen molar-refractivity contribution in [2.75, 3.05) is 79.6 Å². The van der Waals surface area contributed by atoms with Crippen LogP contribution >= 0.6 is 11.3 Å². The van der Waals surface area contributed by atoms with E-state index in [0.717, 1.165) is 98.0 Å². The lowest BCUT2D eigenvalue weighted by atomic mass is 9.83. The summed E-state index contributed by atoms with van der Waals surface area (Å²) in [4.78, 5) is 49.0. The number of nitrogen functional groups attached to an aromatic ring is 1. The molecular formula is C56H68N12O7S. The van der Waals surface area contributed by atoms with Gasteiger partial charge in [0.25, 0.3) is 0 Å². The van der Waals surface area contributed by atoms with Crippen molar-refractivity contribution in [1.82, 2.24) is 40.4 Å². The normalized spacial score (nSPS) is 23.4. The molecule has 1 saturated carbocycles. The van der Waals surface area contributed by atoms with Gasteiger partial charge in [0, 0.05) is 93.9 Å². The highest BCUT2D eigenvalue weighted by Gasteiger charge is 2.45. The number of aromatic nitrogens is 5. The zero-order valence-corrected chi connectivity index (χ0v) is 44.4. The Bertz CT molecular complexity index is 2980. The number of benzene rings is 2. The van der Waals surface area contributed by atoms with Crippen molar-refractivity contribution in [3.8, 4) is 33.3 Å². The number of anilines is 4. The highest BCUT2D eigenvalue weighted by Crippen LogP contribution is 2.41. The summed E-state index contributed by atoms with van der Waals surface area (Å²) in [5.74, 6) is 1.35. The van der Waals surface area contributed by atoms with E-state index < -0.39 is 18.1 Å². The third-order valence-electron chi connectivity index (χ3n) is 16.0. The number of ether oxygens (including phenoxy) is 2. The number of pyridine rings is 1. The number of hydrogen-bond donors (Lipinski definition) is 4. The van der Waals surface area contributed by atoms with Crippen molar-refractivity contribution in [2.24, 2.45) is 11.8 Å². The molecule has 76 heavy (non-hydrogen) atoms. The number of aromatic hydroxyl groups is 1. The number of aryl methyl sites for hydroxylation is 1. The number of piperazine rings is 2. The SMILES string of the molecule is Cc1ncsc1-c1ccc([C@H](C)NC(=O)[C@@H]2C[C@@H](O)CN2C(=O)[C@@H](c2cc(N3CCN(COCC4CC(Oc5cc(N6C7CCC6CN(c6cc(-c8ccccc8O)nnc6N)C7)ccn5)C4)CC3)no2)C(C)C)cc1. The van der Waals surface area contributed by atoms with Crippen molar-refractivity contribution in [1.29, 1.82) is 0 Å². The van der Waals surface area contributed by atoms with Crippen LogP contribution in [0.25, 0.3) is 21.7 Å². The molecule has 8 heterocycles. The van der Waals surface area contributed by atoms with Gasteiger partial charge in [-0.2, -0.15) is 0 Å². The van der Waals surface area contributed by atoms with Gasteiger partial charge in [0.1, 0.15) is 23.8 Å². The van der Waals surface area contributed by atoms with E-state index in [1.165, 1.54) is 4.90 Å². The van der Waals surface area contributed by atoms with Crippen LogP contribution in [0, 0.1) is 18.8 Å². The molecule has 400 valence electrons. The number of fused-ring (bicyclic) bond motifs is 2. The van der Waals surface area contributed by atoms with Crippen LogP contribution in [0.2, 0.25) is 0 Å². The summed E-state index contributed by atoms with van der Waals surface area (Å²) in [6.45, 7) is 13.7. The van der Waals surface area contributed by atoms with Crippen molar-refractivity contribution in [3.05, 3.63) is 102 Å². The lowest BCUT2D eigenvalue weighted by Crippen LogP contribution is -2.54. The molecule has 5 N–H and O–H groups in total. The van der Waals surface area contributed by atoms with Gasteiger partial charge < -0.3 is 54.9 Å². The molecule has 4 aromatic heterocycles. The van der Waals surface area contributed by atoms with Crippen LogP contribution in [0.5, 0.6) is 11.6 Å². The topological polar surface area (TPSA) is 225 Å². The quantitative estimate of drug-likeness (QED) is 0.0752. The molecule has 2 unspecified atom stereocenters. The molecule has 0 spiro atoms. The fourth-order valence-electron chi connectivity index (χ4n) is 11.8. The number of nitrogens with one attached hydrogen (secondary N) is 1. The van der Waals surface area contributed by atoms with Gasteiger partial charge in [-0.25, -0.2) is 9.97 Å². The molecule has 6 aromatic rings. The summed E-state index contributed by atoms with van der Waals surface area (Å²) in [5, 5.41) is 37.3. The second kappa shape index (κ2) is 22.0. The molecule has 2 aromatic carbocycles. The van der Waals surface area contributed by atoms with Gasteiger partial charge in [-0.15, -0.1) is 21.5 Å². The van der Waals surface area contributed by atoms with Crippen LogP contribution in [0.1, 0.15) is 81.9 Å². The van der Waals surface area contributed by atoms with E-state index in [-0.39, 0.29) is 60.7 Å². The van der Waals surface area contributed by atoms with Crippen molar-refractivity contribution < 1.29 is 33.8 Å². The highest BCUT2D eigenvalue weighted by molar-refractivity contribution is 7.13. The number of phenolic OH excluding ortho intramolecular Hbond substituents is 1. The molecule has 5 fully saturated rings. The molecule has 6 atom stereocenters. The Labute approximate surface area is 447 Å². The molecule has 20 heteroatoms. The van der Waals surface area contributed by atoms with E-state index in [0.29, 0.717) is 53.8 Å². The Morgan fingerprint density at radius 1 is 0.908 bits per heavy atom. The fourth-order valence-corrected chi connectivity index (χ4v) is 12.6. The first kappa shape index (κ1) is 51.2. The number of amides is 2. The number of β-amino-alcohol motifs (C(OH)–C–C–N with tert-alkyl or cyclic N) is 1. The molecule has 19 nitrogen and oxygen atoms in total. The Morgan fingerprint density at radius 3 is 2.39 bits per heavy atom. The van der Waals surface area contributed by atoms with Gasteiger partial charge in [-0.05, 0) is 86.8 Å². The summed E-state index contributed by atoms with van der Waals surface area (Å²) in [7, 11) is 0. The molecule has 4 saturated heterocycles. The average molecular weight is 1050 g/mol. The van der Waals surface area contributed by atoms with Gasteiger partial charge in [-0.3, -0.25) is 14.5 Å². The maximum Gasteiger partial charge on any atom is 0.243 e. The highest BCUT2D eigenvalue weighted by atomic mass is 32.1.